The monoisotopic (exact) mass is 390 g/mol. The molecule has 1 N–H and O–H groups in total. The Balaban J connectivity index is 1.65. The van der Waals surface area contributed by atoms with Crippen molar-refractivity contribution in [3.8, 4) is 16.9 Å². The van der Waals surface area contributed by atoms with E-state index in [1.54, 1.807) is 30.1 Å². The van der Waals surface area contributed by atoms with E-state index in [1.165, 1.54) is 12.1 Å². The van der Waals surface area contributed by atoms with Gasteiger partial charge in [-0.15, -0.1) is 0 Å². The lowest BCUT2D eigenvalue weighted by atomic mass is 10.0. The highest BCUT2D eigenvalue weighted by Crippen LogP contribution is 2.30. The van der Waals surface area contributed by atoms with Crippen LogP contribution in [0.1, 0.15) is 5.69 Å². The lowest BCUT2D eigenvalue weighted by Crippen LogP contribution is -2.19. The summed E-state index contributed by atoms with van der Waals surface area (Å²) in [5, 5.41) is 8.07. The Bertz CT molecular complexity index is 1190. The number of halogens is 1. The molecule has 4 aromatic rings. The summed E-state index contributed by atoms with van der Waals surface area (Å²) < 4.78 is 20.1. The Hall–Kier alpha value is -3.74. The van der Waals surface area contributed by atoms with Crippen molar-refractivity contribution in [1.29, 1.82) is 0 Å². The highest BCUT2D eigenvalue weighted by molar-refractivity contribution is 5.96. The number of nitrogens with zero attached hydrogens (tertiary/aromatic N) is 3. The molecule has 0 saturated carbocycles. The summed E-state index contributed by atoms with van der Waals surface area (Å²) in [5.41, 5.74) is 3.77. The van der Waals surface area contributed by atoms with Crippen LogP contribution in [0.15, 0.2) is 60.8 Å². The lowest BCUT2D eigenvalue weighted by Gasteiger charge is -2.07. The summed E-state index contributed by atoms with van der Waals surface area (Å²) in [6.07, 6.45) is 1.70. The molecule has 0 aliphatic carbocycles. The fourth-order valence-electron chi connectivity index (χ4n) is 3.31. The number of hydrogen-bond acceptors (Lipinski definition) is 4. The van der Waals surface area contributed by atoms with Crippen molar-refractivity contribution in [3.05, 3.63) is 72.3 Å². The SMILES string of the molecule is COc1ccc(-c2ccnc3c2c(C)nn3CC(=O)Nc2cccc(F)c2)cc1. The van der Waals surface area contributed by atoms with Crippen molar-refractivity contribution >= 4 is 22.6 Å². The molecular formula is C22H19FN4O2. The van der Waals surface area contributed by atoms with Gasteiger partial charge in [0.25, 0.3) is 0 Å². The maximum Gasteiger partial charge on any atom is 0.246 e. The summed E-state index contributed by atoms with van der Waals surface area (Å²) >= 11 is 0. The maximum absolute atomic E-state index is 13.3. The maximum atomic E-state index is 13.3. The van der Waals surface area contributed by atoms with E-state index in [0.717, 1.165) is 28.0 Å². The smallest absolute Gasteiger partial charge is 0.246 e. The number of rotatable bonds is 5. The predicted octanol–water partition coefficient (Wildman–Crippen LogP) is 4.19. The van der Waals surface area contributed by atoms with Crippen LogP contribution >= 0.6 is 0 Å². The molecule has 7 heteroatoms. The van der Waals surface area contributed by atoms with Crippen molar-refractivity contribution in [2.75, 3.05) is 12.4 Å². The number of carbonyl (C=O) groups is 1. The van der Waals surface area contributed by atoms with Crippen LogP contribution in [-0.2, 0) is 11.3 Å². The van der Waals surface area contributed by atoms with Gasteiger partial charge >= 0.3 is 0 Å². The van der Waals surface area contributed by atoms with Crippen LogP contribution in [0, 0.1) is 12.7 Å². The van der Waals surface area contributed by atoms with E-state index in [9.17, 15) is 9.18 Å². The number of aryl methyl sites for hydroxylation is 1. The van der Waals surface area contributed by atoms with Gasteiger partial charge in [-0.3, -0.25) is 4.79 Å². The molecule has 0 aliphatic heterocycles. The second kappa shape index (κ2) is 7.71. The fourth-order valence-corrected chi connectivity index (χ4v) is 3.31. The number of carbonyl (C=O) groups excluding carboxylic acids is 1. The number of methoxy groups -OCH3 is 1. The Kier molecular flexibility index (Phi) is 4.95. The van der Waals surface area contributed by atoms with Crippen LogP contribution in [0.25, 0.3) is 22.2 Å². The number of ether oxygens (including phenoxy) is 1. The third-order valence-electron chi connectivity index (χ3n) is 4.61. The zero-order valence-electron chi connectivity index (χ0n) is 16.0. The average Bonchev–Trinajstić information content (AvgIpc) is 3.03. The van der Waals surface area contributed by atoms with Crippen LogP contribution in [-0.4, -0.2) is 27.8 Å². The minimum Gasteiger partial charge on any atom is -0.497 e. The Morgan fingerprint density at radius 2 is 1.97 bits per heavy atom. The first-order valence-corrected chi connectivity index (χ1v) is 9.07. The molecule has 29 heavy (non-hydrogen) atoms. The molecule has 4 rings (SSSR count). The molecule has 0 saturated heterocycles. The van der Waals surface area contributed by atoms with E-state index in [1.807, 2.05) is 37.3 Å². The molecule has 0 radical (unpaired) electrons. The lowest BCUT2D eigenvalue weighted by molar-refractivity contribution is -0.116. The first-order valence-electron chi connectivity index (χ1n) is 9.07. The van der Waals surface area contributed by atoms with Crippen LogP contribution in [0.3, 0.4) is 0 Å². The van der Waals surface area contributed by atoms with Crippen molar-refractivity contribution < 1.29 is 13.9 Å². The molecule has 1 amide bonds. The normalized spacial score (nSPS) is 10.9. The van der Waals surface area contributed by atoms with Crippen LogP contribution in [0.4, 0.5) is 10.1 Å². The third kappa shape index (κ3) is 3.80. The largest absolute Gasteiger partial charge is 0.497 e. The first-order chi connectivity index (χ1) is 14.0. The number of hydrogen-bond donors (Lipinski definition) is 1. The number of fused-ring (bicyclic) bond motifs is 1. The van der Waals surface area contributed by atoms with Crippen LogP contribution < -0.4 is 10.1 Å². The van der Waals surface area contributed by atoms with E-state index in [-0.39, 0.29) is 12.5 Å². The summed E-state index contributed by atoms with van der Waals surface area (Å²) in [6.45, 7) is 1.86. The van der Waals surface area contributed by atoms with Gasteiger partial charge in [-0.25, -0.2) is 14.1 Å². The minimum absolute atomic E-state index is 0.0279. The van der Waals surface area contributed by atoms with Gasteiger partial charge in [0.2, 0.25) is 5.91 Å². The van der Waals surface area contributed by atoms with E-state index >= 15 is 0 Å². The molecule has 2 aromatic carbocycles. The van der Waals surface area contributed by atoms with Gasteiger partial charge in [-0.05, 0) is 54.4 Å². The minimum atomic E-state index is -0.408. The standard InChI is InChI=1S/C22H19FN4O2/c1-14-21-19(15-6-8-18(29-2)9-7-15)10-11-24-22(21)27(26-14)13-20(28)25-17-5-3-4-16(23)12-17/h3-12H,13H2,1-2H3,(H,25,28). The predicted molar refractivity (Wildman–Crippen MR) is 109 cm³/mol. The van der Waals surface area contributed by atoms with Gasteiger partial charge in [-0.2, -0.15) is 5.10 Å². The Labute approximate surface area is 167 Å². The quantitative estimate of drug-likeness (QED) is 0.555. The van der Waals surface area contributed by atoms with Crippen LogP contribution in [0.5, 0.6) is 5.75 Å². The molecule has 0 fully saturated rings. The zero-order chi connectivity index (χ0) is 20.4. The average molecular weight is 390 g/mol. The van der Waals surface area contributed by atoms with Gasteiger partial charge in [0.1, 0.15) is 18.1 Å². The molecule has 146 valence electrons. The summed E-state index contributed by atoms with van der Waals surface area (Å²) in [6, 6.07) is 15.4. The molecule has 0 atom stereocenters. The number of benzene rings is 2. The number of nitrogens with one attached hydrogen (secondary N) is 1. The van der Waals surface area contributed by atoms with Crippen LogP contribution in [0.2, 0.25) is 0 Å². The molecular weight excluding hydrogens is 371 g/mol. The highest BCUT2D eigenvalue weighted by atomic mass is 19.1. The Morgan fingerprint density at radius 3 is 2.69 bits per heavy atom. The van der Waals surface area contributed by atoms with E-state index in [4.69, 9.17) is 4.74 Å². The van der Waals surface area contributed by atoms with Crippen molar-refractivity contribution in [2.24, 2.45) is 0 Å². The molecule has 2 heterocycles. The number of amides is 1. The highest BCUT2D eigenvalue weighted by Gasteiger charge is 2.16. The molecule has 6 nitrogen and oxygen atoms in total. The summed E-state index contributed by atoms with van der Waals surface area (Å²) in [7, 11) is 1.63. The zero-order valence-corrected chi connectivity index (χ0v) is 16.0. The molecule has 0 unspecified atom stereocenters. The second-order valence-electron chi connectivity index (χ2n) is 6.59. The van der Waals surface area contributed by atoms with Gasteiger partial charge in [-0.1, -0.05) is 18.2 Å². The van der Waals surface area contributed by atoms with E-state index < -0.39 is 5.82 Å². The van der Waals surface area contributed by atoms with Gasteiger partial charge < -0.3 is 10.1 Å². The number of pyridine rings is 1. The molecule has 2 aromatic heterocycles. The molecule has 0 spiro atoms. The summed E-state index contributed by atoms with van der Waals surface area (Å²) in [5.74, 6) is 0.0612. The van der Waals surface area contributed by atoms with E-state index in [0.29, 0.717) is 11.3 Å². The van der Waals surface area contributed by atoms with E-state index in [2.05, 4.69) is 15.4 Å². The Morgan fingerprint density at radius 1 is 1.17 bits per heavy atom. The second-order valence-corrected chi connectivity index (χ2v) is 6.59. The number of aromatic nitrogens is 3. The van der Waals surface area contributed by atoms with Crippen molar-refractivity contribution in [3.63, 3.8) is 0 Å². The topological polar surface area (TPSA) is 69.0 Å². The third-order valence-corrected chi connectivity index (χ3v) is 4.61. The molecule has 0 bridgehead atoms. The van der Waals surface area contributed by atoms with Gasteiger partial charge in [0, 0.05) is 17.3 Å². The molecule has 0 aliphatic rings. The van der Waals surface area contributed by atoms with Crippen molar-refractivity contribution in [2.45, 2.75) is 13.5 Å². The number of anilines is 1. The fraction of sp³-hybridized carbons (Fsp3) is 0.136. The summed E-state index contributed by atoms with van der Waals surface area (Å²) in [4.78, 5) is 16.9. The van der Waals surface area contributed by atoms with Gasteiger partial charge in [0.05, 0.1) is 12.8 Å². The van der Waals surface area contributed by atoms with Gasteiger partial charge in [0.15, 0.2) is 5.65 Å². The first kappa shape index (κ1) is 18.6. The van der Waals surface area contributed by atoms with Crippen molar-refractivity contribution in [1.82, 2.24) is 14.8 Å².